The number of hydrogen-bond acceptors (Lipinski definition) is 8. The Morgan fingerprint density at radius 2 is 1.62 bits per heavy atom. The van der Waals surface area contributed by atoms with Crippen molar-refractivity contribution >= 4 is 23.6 Å². The van der Waals surface area contributed by atoms with Crippen LogP contribution in [0.25, 0.3) is 0 Å². The van der Waals surface area contributed by atoms with E-state index in [0.29, 0.717) is 12.0 Å². The van der Waals surface area contributed by atoms with E-state index in [-0.39, 0.29) is 29.0 Å². The molecule has 0 aromatic heterocycles. The van der Waals surface area contributed by atoms with Crippen molar-refractivity contribution < 1.29 is 38.1 Å². The summed E-state index contributed by atoms with van der Waals surface area (Å²) in [6.45, 7) is 9.17. The van der Waals surface area contributed by atoms with E-state index in [9.17, 15) is 19.2 Å². The fourth-order valence-corrected chi connectivity index (χ4v) is 5.27. The van der Waals surface area contributed by atoms with Gasteiger partial charge >= 0.3 is 6.09 Å². The number of amides is 2. The van der Waals surface area contributed by atoms with Crippen LogP contribution in [0.4, 0.5) is 4.79 Å². The number of primary amides is 1. The largest absolute Gasteiger partial charge is 0.441 e. The number of ether oxygens (including phenoxy) is 4. The highest BCUT2D eigenvalue weighted by Crippen LogP contribution is 2.30. The standard InChI is InChI=1S/C30H42N2O8/c1-16-10-9-11-17(2)29(35)32-23-15-21(33)14-22(25(23)34)27(38-7)20(5)13-24(37-6)28(39-8)19(4)12-18(3)26(16)40-30(31)36/h9-12,14-16,19-20,24,26-28H,13H2,1-8H3,(H2,31,36)(H,32,35)/t16-,19+,20-,24+,26-,27+,28-/m0/s1. The zero-order valence-corrected chi connectivity index (χ0v) is 24.6. The van der Waals surface area contributed by atoms with Crippen LogP contribution in [0.1, 0.15) is 41.0 Å². The second kappa shape index (κ2) is 14.9. The molecule has 1 aliphatic carbocycles. The van der Waals surface area contributed by atoms with Crippen LogP contribution in [0.2, 0.25) is 0 Å². The van der Waals surface area contributed by atoms with Crippen molar-refractivity contribution in [2.75, 3.05) is 21.3 Å². The topological polar surface area (TPSA) is 143 Å². The first-order valence-electron chi connectivity index (χ1n) is 13.3. The van der Waals surface area contributed by atoms with Crippen LogP contribution in [0, 0.1) is 17.8 Å². The Hall–Kier alpha value is -3.34. The lowest BCUT2D eigenvalue weighted by atomic mass is 9.83. The molecule has 220 valence electrons. The Morgan fingerprint density at radius 3 is 2.20 bits per heavy atom. The monoisotopic (exact) mass is 558 g/mol. The predicted octanol–water partition coefficient (Wildman–Crippen LogP) is 3.33. The minimum absolute atomic E-state index is 0.119. The first kappa shape index (κ1) is 32.9. The Balaban J connectivity index is 2.62. The van der Waals surface area contributed by atoms with Crippen LogP contribution in [0.15, 0.2) is 58.9 Å². The summed E-state index contributed by atoms with van der Waals surface area (Å²) >= 11 is 0. The predicted molar refractivity (Wildman–Crippen MR) is 150 cm³/mol. The number of allylic oxidation sites excluding steroid dienone is 5. The third kappa shape index (κ3) is 8.33. The van der Waals surface area contributed by atoms with Crippen LogP contribution in [-0.2, 0) is 33.3 Å². The highest BCUT2D eigenvalue weighted by atomic mass is 16.6. The Bertz CT molecular complexity index is 1130. The molecule has 3 N–H and O–H groups in total. The molecule has 0 aromatic rings. The van der Waals surface area contributed by atoms with Gasteiger partial charge in [-0.05, 0) is 37.8 Å². The van der Waals surface area contributed by atoms with Crippen LogP contribution < -0.4 is 11.1 Å². The van der Waals surface area contributed by atoms with Crippen LogP contribution in [0.5, 0.6) is 0 Å². The van der Waals surface area contributed by atoms with Crippen molar-refractivity contribution in [1.29, 1.82) is 0 Å². The van der Waals surface area contributed by atoms with Crippen LogP contribution in [0.3, 0.4) is 0 Å². The molecular weight excluding hydrogens is 516 g/mol. The van der Waals surface area contributed by atoms with E-state index < -0.39 is 48.0 Å². The number of nitrogens with two attached hydrogens (primary N) is 1. The van der Waals surface area contributed by atoms with Crippen molar-refractivity contribution in [2.45, 2.75) is 65.5 Å². The number of hydrogen-bond donors (Lipinski definition) is 2. The lowest BCUT2D eigenvalue weighted by Crippen LogP contribution is -2.40. The zero-order valence-electron chi connectivity index (χ0n) is 24.6. The Kier molecular flexibility index (Phi) is 12.2. The quantitative estimate of drug-likeness (QED) is 0.395. The third-order valence-corrected chi connectivity index (χ3v) is 7.29. The van der Waals surface area contributed by atoms with Gasteiger partial charge in [0.2, 0.25) is 5.78 Å². The van der Waals surface area contributed by atoms with Crippen molar-refractivity contribution in [3.63, 3.8) is 0 Å². The van der Waals surface area contributed by atoms with Gasteiger partial charge < -0.3 is 30.0 Å². The summed E-state index contributed by atoms with van der Waals surface area (Å²) in [4.78, 5) is 50.5. The van der Waals surface area contributed by atoms with Gasteiger partial charge in [-0.15, -0.1) is 0 Å². The molecular formula is C30H42N2O8. The second-order valence-electron chi connectivity index (χ2n) is 10.4. The first-order valence-corrected chi connectivity index (χ1v) is 13.3. The average molecular weight is 559 g/mol. The number of carbonyl (C=O) groups is 4. The summed E-state index contributed by atoms with van der Waals surface area (Å²) in [5.74, 6) is -2.19. The Labute approximate surface area is 236 Å². The summed E-state index contributed by atoms with van der Waals surface area (Å²) < 4.78 is 22.9. The molecule has 7 atom stereocenters. The summed E-state index contributed by atoms with van der Waals surface area (Å²) in [6, 6.07) is 0. The number of ketones is 2. The van der Waals surface area contributed by atoms with E-state index in [1.807, 2.05) is 33.8 Å². The number of Topliss-reactive ketones (excluding diaryl/α,β-unsaturated/α-hetero) is 1. The van der Waals surface area contributed by atoms with Gasteiger partial charge in [0.1, 0.15) is 6.10 Å². The van der Waals surface area contributed by atoms with E-state index >= 15 is 0 Å². The second-order valence-corrected chi connectivity index (χ2v) is 10.4. The summed E-state index contributed by atoms with van der Waals surface area (Å²) in [7, 11) is 4.64. The van der Waals surface area contributed by atoms with E-state index in [2.05, 4.69) is 5.32 Å². The molecule has 2 bridgehead atoms. The molecule has 0 fully saturated rings. The normalized spacial score (nSPS) is 31.0. The first-order chi connectivity index (χ1) is 18.8. The van der Waals surface area contributed by atoms with E-state index in [4.69, 9.17) is 24.7 Å². The minimum atomic E-state index is -0.902. The average Bonchev–Trinajstić information content (AvgIpc) is 2.88. The van der Waals surface area contributed by atoms with Crippen molar-refractivity contribution in [2.24, 2.45) is 23.5 Å². The molecule has 10 nitrogen and oxygen atoms in total. The number of nitrogens with one attached hydrogen (secondary N) is 1. The molecule has 2 rings (SSSR count). The number of methoxy groups -OCH3 is 3. The van der Waals surface area contributed by atoms with Crippen LogP contribution >= 0.6 is 0 Å². The smallest absolute Gasteiger partial charge is 0.405 e. The fourth-order valence-electron chi connectivity index (χ4n) is 5.27. The van der Waals surface area contributed by atoms with E-state index in [1.54, 1.807) is 39.4 Å². The maximum atomic E-state index is 13.4. The molecule has 0 aromatic carbocycles. The van der Waals surface area contributed by atoms with Gasteiger partial charge in [0.05, 0.1) is 24.0 Å². The molecule has 0 saturated carbocycles. The van der Waals surface area contributed by atoms with Gasteiger partial charge in [0.25, 0.3) is 5.91 Å². The summed E-state index contributed by atoms with van der Waals surface area (Å²) in [6.07, 6.45) is 6.65. The highest BCUT2D eigenvalue weighted by molar-refractivity contribution is 6.22. The van der Waals surface area contributed by atoms with Gasteiger partial charge in [0.15, 0.2) is 5.78 Å². The molecule has 1 heterocycles. The molecule has 0 unspecified atom stereocenters. The molecule has 2 aliphatic rings. The van der Waals surface area contributed by atoms with Gasteiger partial charge in [-0.25, -0.2) is 4.79 Å². The third-order valence-electron chi connectivity index (χ3n) is 7.29. The maximum Gasteiger partial charge on any atom is 0.405 e. The SMILES string of the molecule is CO[C@H]1[C@H](C)C=C(C)[C@@H](OC(N)=O)[C@@H](C)C=CC=C(C)C(=O)NC2=CC(=O)C=C(C2=O)[C@H](OC)[C@@H](C)C[C@H]1OC. The van der Waals surface area contributed by atoms with Crippen LogP contribution in [-0.4, -0.2) is 69.3 Å². The van der Waals surface area contributed by atoms with Gasteiger partial charge in [-0.2, -0.15) is 0 Å². The van der Waals surface area contributed by atoms with E-state index in [1.165, 1.54) is 13.2 Å². The fraction of sp³-hybridized carbons (Fsp3) is 0.533. The number of fused-ring (bicyclic) bond motifs is 2. The Morgan fingerprint density at radius 1 is 0.950 bits per heavy atom. The molecule has 40 heavy (non-hydrogen) atoms. The van der Waals surface area contributed by atoms with Crippen molar-refractivity contribution in [3.8, 4) is 0 Å². The summed E-state index contributed by atoms with van der Waals surface area (Å²) in [5, 5.41) is 2.56. The highest BCUT2D eigenvalue weighted by Gasteiger charge is 2.36. The molecule has 0 spiro atoms. The van der Waals surface area contributed by atoms with Gasteiger partial charge in [-0.1, -0.05) is 45.1 Å². The molecule has 0 radical (unpaired) electrons. The molecule has 0 saturated heterocycles. The molecule has 2 amide bonds. The number of carbonyl (C=O) groups excluding carboxylic acids is 4. The summed E-state index contributed by atoms with van der Waals surface area (Å²) in [5.41, 5.74) is 6.49. The van der Waals surface area contributed by atoms with Crippen molar-refractivity contribution in [1.82, 2.24) is 5.32 Å². The minimum Gasteiger partial charge on any atom is -0.441 e. The van der Waals surface area contributed by atoms with Gasteiger partial charge in [-0.3, -0.25) is 14.4 Å². The van der Waals surface area contributed by atoms with E-state index in [0.717, 1.165) is 11.6 Å². The molecule has 10 heteroatoms. The number of rotatable bonds is 4. The van der Waals surface area contributed by atoms with Crippen molar-refractivity contribution in [3.05, 3.63) is 58.9 Å². The van der Waals surface area contributed by atoms with Gasteiger partial charge in [0, 0.05) is 50.4 Å². The molecule has 1 aliphatic heterocycles. The zero-order chi connectivity index (χ0) is 30.1. The lowest BCUT2D eigenvalue weighted by Gasteiger charge is -2.34. The maximum absolute atomic E-state index is 13.4. The lowest BCUT2D eigenvalue weighted by molar-refractivity contribution is -0.120.